The number of amides is 1. The number of nitrogens with one attached hydrogen (secondary N) is 2. The Morgan fingerprint density at radius 1 is 1.04 bits per heavy atom. The molecule has 1 heterocycles. The monoisotopic (exact) mass is 388 g/mol. The summed E-state index contributed by atoms with van der Waals surface area (Å²) < 4.78 is 38.4. The van der Waals surface area contributed by atoms with Crippen molar-refractivity contribution in [2.75, 3.05) is 13.1 Å². The van der Waals surface area contributed by atoms with E-state index in [1.54, 1.807) is 0 Å². The van der Waals surface area contributed by atoms with E-state index in [1.165, 1.54) is 17.7 Å². The average molecular weight is 388 g/mol. The van der Waals surface area contributed by atoms with Crippen molar-refractivity contribution < 1.29 is 18.0 Å². The van der Waals surface area contributed by atoms with Gasteiger partial charge in [-0.15, -0.1) is 0 Å². The summed E-state index contributed by atoms with van der Waals surface area (Å²) in [6.45, 7) is 1.13. The van der Waals surface area contributed by atoms with Gasteiger partial charge in [0.1, 0.15) is 0 Å². The number of rotatable bonds is 5. The molecular formula is C22H23F3N2O. The van der Waals surface area contributed by atoms with Crippen LogP contribution < -0.4 is 10.6 Å². The summed E-state index contributed by atoms with van der Waals surface area (Å²) >= 11 is 0. The van der Waals surface area contributed by atoms with Gasteiger partial charge in [0.15, 0.2) is 0 Å². The SMILES string of the molecule is O=C(NC1(Cc2ccccc2)CC1)C1CNCC1c1ccc(C(F)(F)F)cc1. The molecule has 1 aliphatic carbocycles. The molecule has 2 fully saturated rings. The third-order valence-corrected chi connectivity index (χ3v) is 5.84. The van der Waals surface area contributed by atoms with Gasteiger partial charge in [0, 0.05) is 24.5 Å². The first-order valence-corrected chi connectivity index (χ1v) is 9.60. The molecule has 1 saturated carbocycles. The maximum absolute atomic E-state index is 13.0. The smallest absolute Gasteiger partial charge is 0.350 e. The van der Waals surface area contributed by atoms with Crippen LogP contribution in [0.3, 0.4) is 0 Å². The number of carbonyl (C=O) groups excluding carboxylic acids is 1. The molecule has 2 unspecified atom stereocenters. The van der Waals surface area contributed by atoms with Gasteiger partial charge in [0.2, 0.25) is 5.91 Å². The molecule has 2 aromatic carbocycles. The highest BCUT2D eigenvalue weighted by Crippen LogP contribution is 2.40. The molecule has 0 spiro atoms. The van der Waals surface area contributed by atoms with Crippen LogP contribution >= 0.6 is 0 Å². The van der Waals surface area contributed by atoms with Crippen LogP contribution in [0.2, 0.25) is 0 Å². The standard InChI is InChI=1S/C22H23F3N2O/c23-22(24,25)17-8-6-16(7-9-17)18-13-26-14-19(18)20(28)27-21(10-11-21)12-15-4-2-1-3-5-15/h1-9,18-19,26H,10-14H2,(H,27,28). The first-order valence-electron chi connectivity index (χ1n) is 9.60. The van der Waals surface area contributed by atoms with Gasteiger partial charge in [-0.25, -0.2) is 0 Å². The largest absolute Gasteiger partial charge is 0.416 e. The quantitative estimate of drug-likeness (QED) is 0.816. The third kappa shape index (κ3) is 4.07. The number of benzene rings is 2. The molecular weight excluding hydrogens is 365 g/mol. The molecule has 0 radical (unpaired) electrons. The van der Waals surface area contributed by atoms with Crippen LogP contribution in [0.25, 0.3) is 0 Å². The summed E-state index contributed by atoms with van der Waals surface area (Å²) in [5.41, 5.74) is 1.13. The zero-order valence-corrected chi connectivity index (χ0v) is 15.4. The van der Waals surface area contributed by atoms with Gasteiger partial charge >= 0.3 is 6.18 Å². The molecule has 2 atom stereocenters. The van der Waals surface area contributed by atoms with Gasteiger partial charge in [-0.3, -0.25) is 4.79 Å². The zero-order chi connectivity index (χ0) is 19.8. The second-order valence-electron chi connectivity index (χ2n) is 7.92. The fourth-order valence-electron chi connectivity index (χ4n) is 4.06. The van der Waals surface area contributed by atoms with E-state index >= 15 is 0 Å². The molecule has 2 aromatic rings. The summed E-state index contributed by atoms with van der Waals surface area (Å²) in [5.74, 6) is -0.400. The minimum absolute atomic E-state index is 0.0108. The summed E-state index contributed by atoms with van der Waals surface area (Å²) in [4.78, 5) is 13.0. The normalized spacial score (nSPS) is 23.4. The van der Waals surface area contributed by atoms with Gasteiger partial charge in [-0.2, -0.15) is 13.2 Å². The Labute approximate surface area is 162 Å². The maximum atomic E-state index is 13.0. The molecule has 0 bridgehead atoms. The van der Waals surface area contributed by atoms with Crippen molar-refractivity contribution in [2.24, 2.45) is 5.92 Å². The van der Waals surface area contributed by atoms with Crippen LogP contribution in [0.15, 0.2) is 54.6 Å². The fourth-order valence-corrected chi connectivity index (χ4v) is 4.06. The second-order valence-corrected chi connectivity index (χ2v) is 7.92. The van der Waals surface area contributed by atoms with Crippen molar-refractivity contribution in [1.29, 1.82) is 0 Å². The molecule has 148 valence electrons. The van der Waals surface area contributed by atoms with E-state index in [0.717, 1.165) is 37.0 Å². The van der Waals surface area contributed by atoms with E-state index in [2.05, 4.69) is 22.8 Å². The lowest BCUT2D eigenvalue weighted by Gasteiger charge is -2.24. The molecule has 1 saturated heterocycles. The van der Waals surface area contributed by atoms with E-state index in [-0.39, 0.29) is 23.3 Å². The number of carbonyl (C=O) groups is 1. The van der Waals surface area contributed by atoms with Gasteiger partial charge in [-0.05, 0) is 42.5 Å². The lowest BCUT2D eigenvalue weighted by atomic mass is 9.87. The van der Waals surface area contributed by atoms with E-state index in [0.29, 0.717) is 13.1 Å². The predicted octanol–water partition coefficient (Wildman–Crippen LogP) is 3.90. The van der Waals surface area contributed by atoms with Gasteiger partial charge in [0.25, 0.3) is 0 Å². The maximum Gasteiger partial charge on any atom is 0.416 e. The number of hydrogen-bond acceptors (Lipinski definition) is 2. The van der Waals surface area contributed by atoms with Crippen molar-refractivity contribution in [3.8, 4) is 0 Å². The van der Waals surface area contributed by atoms with Crippen LogP contribution in [0, 0.1) is 5.92 Å². The molecule has 2 aliphatic rings. The van der Waals surface area contributed by atoms with Crippen LogP contribution in [0.1, 0.15) is 35.4 Å². The minimum atomic E-state index is -4.35. The highest BCUT2D eigenvalue weighted by Gasteiger charge is 2.46. The Hall–Kier alpha value is -2.34. The van der Waals surface area contributed by atoms with Gasteiger partial charge in [-0.1, -0.05) is 42.5 Å². The average Bonchev–Trinajstić information content (AvgIpc) is 3.23. The van der Waals surface area contributed by atoms with Crippen molar-refractivity contribution in [3.05, 3.63) is 71.3 Å². The van der Waals surface area contributed by atoms with Crippen molar-refractivity contribution in [3.63, 3.8) is 0 Å². The van der Waals surface area contributed by atoms with Crippen molar-refractivity contribution >= 4 is 5.91 Å². The summed E-state index contributed by atoms with van der Waals surface area (Å²) in [6.07, 6.45) is -1.62. The van der Waals surface area contributed by atoms with Gasteiger partial charge in [0.05, 0.1) is 11.5 Å². The predicted molar refractivity (Wildman–Crippen MR) is 101 cm³/mol. The highest BCUT2D eigenvalue weighted by molar-refractivity contribution is 5.81. The van der Waals surface area contributed by atoms with E-state index in [9.17, 15) is 18.0 Å². The van der Waals surface area contributed by atoms with Crippen molar-refractivity contribution in [2.45, 2.75) is 36.9 Å². The van der Waals surface area contributed by atoms with Crippen molar-refractivity contribution in [1.82, 2.24) is 10.6 Å². The Kier molecular flexibility index (Phi) is 4.91. The first kappa shape index (κ1) is 19.0. The lowest BCUT2D eigenvalue weighted by molar-refractivity contribution is -0.137. The first-order chi connectivity index (χ1) is 13.4. The van der Waals surface area contributed by atoms with Crippen LogP contribution in [-0.2, 0) is 17.4 Å². The molecule has 1 amide bonds. The van der Waals surface area contributed by atoms with Crippen LogP contribution in [0.4, 0.5) is 13.2 Å². The van der Waals surface area contributed by atoms with E-state index in [1.807, 2.05) is 18.2 Å². The molecule has 1 aliphatic heterocycles. The number of alkyl halides is 3. The molecule has 4 rings (SSSR count). The Balaban J connectivity index is 1.44. The fraction of sp³-hybridized carbons (Fsp3) is 0.409. The highest BCUT2D eigenvalue weighted by atomic mass is 19.4. The topological polar surface area (TPSA) is 41.1 Å². The van der Waals surface area contributed by atoms with E-state index in [4.69, 9.17) is 0 Å². The third-order valence-electron chi connectivity index (χ3n) is 5.84. The Morgan fingerprint density at radius 3 is 2.32 bits per heavy atom. The number of hydrogen-bond donors (Lipinski definition) is 2. The molecule has 0 aromatic heterocycles. The van der Waals surface area contributed by atoms with Crippen LogP contribution in [0.5, 0.6) is 0 Å². The summed E-state index contributed by atoms with van der Waals surface area (Å²) in [7, 11) is 0. The lowest BCUT2D eigenvalue weighted by Crippen LogP contribution is -2.43. The molecule has 28 heavy (non-hydrogen) atoms. The molecule has 6 heteroatoms. The van der Waals surface area contributed by atoms with Crippen LogP contribution in [-0.4, -0.2) is 24.5 Å². The zero-order valence-electron chi connectivity index (χ0n) is 15.4. The molecule has 3 nitrogen and oxygen atoms in total. The minimum Gasteiger partial charge on any atom is -0.350 e. The van der Waals surface area contributed by atoms with Gasteiger partial charge < -0.3 is 10.6 Å². The number of halogens is 3. The Morgan fingerprint density at radius 2 is 1.71 bits per heavy atom. The molecule has 2 N–H and O–H groups in total. The summed E-state index contributed by atoms with van der Waals surface area (Å²) in [6, 6.07) is 15.3. The summed E-state index contributed by atoms with van der Waals surface area (Å²) in [5, 5.41) is 6.45. The van der Waals surface area contributed by atoms with E-state index < -0.39 is 11.7 Å². The second kappa shape index (κ2) is 7.24. The Bertz CT molecular complexity index is 829.